The minimum absolute atomic E-state index is 1.08. The van der Waals surface area contributed by atoms with Gasteiger partial charge in [0, 0.05) is 0 Å². The predicted molar refractivity (Wildman–Crippen MR) is 91.7 cm³/mol. The zero-order valence-electron chi connectivity index (χ0n) is 14.1. The lowest BCUT2D eigenvalue weighted by molar-refractivity contribution is 0.678. The Morgan fingerprint density at radius 3 is 1.89 bits per heavy atom. The molecule has 19 heavy (non-hydrogen) atoms. The van der Waals surface area contributed by atoms with Crippen molar-refractivity contribution in [3.8, 4) is 0 Å². The molecule has 0 saturated carbocycles. The van der Waals surface area contributed by atoms with Crippen molar-refractivity contribution in [2.24, 2.45) is 0 Å². The average molecular weight is 265 g/mol. The van der Waals surface area contributed by atoms with Crippen LogP contribution in [-0.2, 0) is 0 Å². The van der Waals surface area contributed by atoms with Gasteiger partial charge >= 0.3 is 0 Å². The zero-order chi connectivity index (χ0) is 15.5. The summed E-state index contributed by atoms with van der Waals surface area (Å²) in [7, 11) is 0. The summed E-state index contributed by atoms with van der Waals surface area (Å²) in [4.78, 5) is 0. The van der Waals surface area contributed by atoms with E-state index in [-0.39, 0.29) is 0 Å². The maximum absolute atomic E-state index is 3.62. The Hall–Kier alpha value is -1.04. The Morgan fingerprint density at radius 2 is 1.63 bits per heavy atom. The highest BCUT2D eigenvalue weighted by atomic mass is 14.8. The highest BCUT2D eigenvalue weighted by Gasteiger charge is 1.78. The maximum Gasteiger partial charge on any atom is -0.00144 e. The van der Waals surface area contributed by atoms with Crippen LogP contribution in [0.1, 0.15) is 60.8 Å². The van der Waals surface area contributed by atoms with Crippen LogP contribution in [0.5, 0.6) is 0 Å². The molecule has 0 unspecified atom stereocenters. The first kappa shape index (κ1) is 23.1. The van der Waals surface area contributed by atoms with Gasteiger partial charge in [-0.2, -0.15) is 0 Å². The van der Waals surface area contributed by atoms with E-state index in [4.69, 9.17) is 0 Å². The average Bonchev–Trinajstić information content (AvgIpc) is 2.35. The second-order valence-corrected chi connectivity index (χ2v) is 4.62. The number of hydrogen-bond donors (Lipinski definition) is 1. The van der Waals surface area contributed by atoms with Crippen molar-refractivity contribution < 1.29 is 0 Å². The summed E-state index contributed by atoms with van der Waals surface area (Å²) in [6, 6.07) is 0. The first-order valence-electron chi connectivity index (χ1n) is 7.33. The van der Waals surface area contributed by atoms with E-state index < -0.39 is 0 Å². The van der Waals surface area contributed by atoms with Gasteiger partial charge in [0.25, 0.3) is 0 Å². The Bertz CT molecular complexity index is 251. The number of nitrogens with one attached hydrogen (secondary N) is 1. The Balaban J connectivity index is -0.000000224. The fourth-order valence-electron chi connectivity index (χ4n) is 0.990. The van der Waals surface area contributed by atoms with Gasteiger partial charge in [0.2, 0.25) is 0 Å². The summed E-state index contributed by atoms with van der Waals surface area (Å²) >= 11 is 0. The molecule has 0 aromatic carbocycles. The number of rotatable bonds is 6. The predicted octanol–water partition coefficient (Wildman–Crippen LogP) is 5.66. The van der Waals surface area contributed by atoms with Crippen molar-refractivity contribution in [2.75, 3.05) is 13.1 Å². The second kappa shape index (κ2) is 22.2. The van der Waals surface area contributed by atoms with Gasteiger partial charge < -0.3 is 5.32 Å². The van der Waals surface area contributed by atoms with Crippen LogP contribution in [0.4, 0.5) is 0 Å². The smallest absolute Gasteiger partial charge is 0.00144 e. The Labute approximate surface area is 122 Å². The van der Waals surface area contributed by atoms with E-state index >= 15 is 0 Å². The molecule has 0 fully saturated rings. The third kappa shape index (κ3) is 38.3. The molecular weight excluding hydrogens is 230 g/mol. The molecule has 1 N–H and O–H groups in total. The van der Waals surface area contributed by atoms with Gasteiger partial charge in [-0.05, 0) is 52.3 Å². The summed E-state index contributed by atoms with van der Waals surface area (Å²) in [5.41, 5.74) is 5.18. The molecule has 1 heteroatoms. The van der Waals surface area contributed by atoms with Crippen LogP contribution < -0.4 is 5.32 Å². The fourth-order valence-corrected chi connectivity index (χ4v) is 0.990. The van der Waals surface area contributed by atoms with Crippen molar-refractivity contribution >= 4 is 0 Å². The topological polar surface area (TPSA) is 12.0 Å². The summed E-state index contributed by atoms with van der Waals surface area (Å²) < 4.78 is 0. The molecule has 0 aliphatic carbocycles. The van der Waals surface area contributed by atoms with Gasteiger partial charge in [0.1, 0.15) is 0 Å². The Kier molecular flexibility index (Phi) is 26.9. The standard InChI is InChI=1S/C8H12.C7H15N.C3H8/c1-5-8(4)6-7(2)3;1-3-5-7-8-6-4-2;1-3-2/h6H,1H2,2-4H3;3,8H,1,4-7H2,2H3;3H2,1-2H3. The quantitative estimate of drug-likeness (QED) is 0.283. The molecule has 112 valence electrons. The van der Waals surface area contributed by atoms with Crippen LogP contribution in [-0.4, -0.2) is 13.1 Å². The summed E-state index contributed by atoms with van der Waals surface area (Å²) in [5.74, 6) is 0. The van der Waals surface area contributed by atoms with Gasteiger partial charge in [-0.25, -0.2) is 0 Å². The van der Waals surface area contributed by atoms with Crippen LogP contribution in [0, 0.1) is 0 Å². The highest BCUT2D eigenvalue weighted by Crippen LogP contribution is 1.96. The van der Waals surface area contributed by atoms with Gasteiger partial charge in [-0.15, -0.1) is 12.3 Å². The zero-order valence-corrected chi connectivity index (χ0v) is 14.1. The molecule has 0 heterocycles. The molecule has 0 amide bonds. The monoisotopic (exact) mass is 265 g/mol. The lowest BCUT2D eigenvalue weighted by Crippen LogP contribution is -2.14. The van der Waals surface area contributed by atoms with E-state index in [9.17, 15) is 0 Å². The molecule has 0 radical (unpaired) electrons. The van der Waals surface area contributed by atoms with Gasteiger partial charge in [0.15, 0.2) is 0 Å². The van der Waals surface area contributed by atoms with Crippen LogP contribution in [0.2, 0.25) is 0 Å². The van der Waals surface area contributed by atoms with E-state index in [1.54, 1.807) is 0 Å². The van der Waals surface area contributed by atoms with Crippen molar-refractivity contribution in [3.05, 3.63) is 42.2 Å². The van der Waals surface area contributed by atoms with Gasteiger partial charge in [-0.3, -0.25) is 0 Å². The SMILES string of the molecule is C=C=C(C)C=C(C)C.C=CCCNCCC.CCC. The molecular formula is C18H35N. The Morgan fingerprint density at radius 1 is 1.11 bits per heavy atom. The van der Waals surface area contributed by atoms with Gasteiger partial charge in [0.05, 0.1) is 0 Å². The summed E-state index contributed by atoms with van der Waals surface area (Å²) in [5, 5.41) is 3.26. The second-order valence-electron chi connectivity index (χ2n) is 4.62. The summed E-state index contributed by atoms with van der Waals surface area (Å²) in [6.45, 7) is 21.9. The van der Waals surface area contributed by atoms with E-state index in [1.807, 2.05) is 19.1 Å². The van der Waals surface area contributed by atoms with Crippen molar-refractivity contribution in [1.82, 2.24) is 5.32 Å². The van der Waals surface area contributed by atoms with E-state index in [0.717, 1.165) is 25.1 Å². The molecule has 0 aromatic rings. The molecule has 0 atom stereocenters. The van der Waals surface area contributed by atoms with Crippen LogP contribution in [0.3, 0.4) is 0 Å². The molecule has 0 aliphatic heterocycles. The molecule has 1 nitrogen and oxygen atoms in total. The third-order valence-corrected chi connectivity index (χ3v) is 1.74. The lowest BCUT2D eigenvalue weighted by Gasteiger charge is -1.96. The number of hydrogen-bond acceptors (Lipinski definition) is 1. The van der Waals surface area contributed by atoms with Crippen molar-refractivity contribution in [3.63, 3.8) is 0 Å². The largest absolute Gasteiger partial charge is 0.316 e. The highest BCUT2D eigenvalue weighted by molar-refractivity contribution is 5.17. The minimum atomic E-state index is 1.08. The van der Waals surface area contributed by atoms with Crippen molar-refractivity contribution in [2.45, 2.75) is 60.8 Å². The molecule has 0 rings (SSSR count). The first-order valence-corrected chi connectivity index (χ1v) is 7.33. The lowest BCUT2D eigenvalue weighted by atomic mass is 10.2. The van der Waals surface area contributed by atoms with E-state index in [1.165, 1.54) is 18.4 Å². The van der Waals surface area contributed by atoms with E-state index in [0.29, 0.717) is 0 Å². The van der Waals surface area contributed by atoms with E-state index in [2.05, 4.69) is 58.8 Å². The molecule has 0 spiro atoms. The van der Waals surface area contributed by atoms with Crippen molar-refractivity contribution in [1.29, 1.82) is 0 Å². The van der Waals surface area contributed by atoms with Crippen LogP contribution in [0.15, 0.2) is 42.2 Å². The summed E-state index contributed by atoms with van der Waals surface area (Å²) in [6.07, 6.45) is 7.53. The van der Waals surface area contributed by atoms with Crippen LogP contribution >= 0.6 is 0 Å². The minimum Gasteiger partial charge on any atom is -0.316 e. The first-order chi connectivity index (χ1) is 8.99. The van der Waals surface area contributed by atoms with Gasteiger partial charge in [-0.1, -0.05) is 51.5 Å². The van der Waals surface area contributed by atoms with Crippen LogP contribution in [0.25, 0.3) is 0 Å². The molecule has 0 aromatic heterocycles. The third-order valence-electron chi connectivity index (χ3n) is 1.74. The molecule has 0 saturated heterocycles. The number of allylic oxidation sites excluding steroid dienone is 3. The fraction of sp³-hybridized carbons (Fsp3) is 0.611. The normalized spacial score (nSPS) is 7.89. The maximum atomic E-state index is 3.62. The molecule has 0 aliphatic rings. The molecule has 0 bridgehead atoms.